The Balaban J connectivity index is 1.76. The van der Waals surface area contributed by atoms with Crippen LogP contribution in [-0.4, -0.2) is 21.5 Å². The van der Waals surface area contributed by atoms with Gasteiger partial charge in [-0.15, -0.1) is 5.10 Å². The van der Waals surface area contributed by atoms with Gasteiger partial charge in [-0.1, -0.05) is 41.6 Å². The van der Waals surface area contributed by atoms with Gasteiger partial charge < -0.3 is 5.73 Å². The summed E-state index contributed by atoms with van der Waals surface area (Å²) in [4.78, 5) is 0. The van der Waals surface area contributed by atoms with Gasteiger partial charge in [-0.3, -0.25) is 0 Å². The molecule has 0 radical (unpaired) electrons. The summed E-state index contributed by atoms with van der Waals surface area (Å²) in [5.74, 6) is 0. The van der Waals surface area contributed by atoms with Crippen molar-refractivity contribution in [3.8, 4) is 0 Å². The van der Waals surface area contributed by atoms with Gasteiger partial charge in [0.25, 0.3) is 0 Å². The lowest BCUT2D eigenvalue weighted by molar-refractivity contribution is 0.649. The van der Waals surface area contributed by atoms with E-state index < -0.39 is 0 Å². The predicted octanol–water partition coefficient (Wildman–Crippen LogP) is 2.37. The number of fused-ring (bicyclic) bond motifs is 1. The van der Waals surface area contributed by atoms with E-state index in [2.05, 4.69) is 52.8 Å². The highest BCUT2D eigenvalue weighted by Crippen LogP contribution is 2.16. The van der Waals surface area contributed by atoms with Gasteiger partial charge in [0.2, 0.25) is 0 Å². The van der Waals surface area contributed by atoms with Crippen molar-refractivity contribution < 1.29 is 0 Å². The second-order valence-corrected chi connectivity index (χ2v) is 4.98. The van der Waals surface area contributed by atoms with E-state index in [4.69, 9.17) is 5.73 Å². The summed E-state index contributed by atoms with van der Waals surface area (Å²) in [6.07, 6.45) is 3.85. The first-order chi connectivity index (χ1) is 9.85. The summed E-state index contributed by atoms with van der Waals surface area (Å²) in [6.45, 7) is 1.44. The number of nitrogens with two attached hydrogens (primary N) is 1. The number of rotatable bonds is 5. The van der Waals surface area contributed by atoms with Crippen LogP contribution in [0.4, 0.5) is 0 Å². The zero-order valence-electron chi connectivity index (χ0n) is 11.4. The highest BCUT2D eigenvalue weighted by atomic mass is 15.4. The lowest BCUT2D eigenvalue weighted by Crippen LogP contribution is -2.01. The van der Waals surface area contributed by atoms with Crippen molar-refractivity contribution in [1.82, 2.24) is 15.0 Å². The number of nitrogens with zero attached hydrogens (tertiary/aromatic N) is 3. The summed E-state index contributed by atoms with van der Waals surface area (Å²) in [5, 5.41) is 10.9. The Morgan fingerprint density at radius 1 is 1.05 bits per heavy atom. The van der Waals surface area contributed by atoms with Gasteiger partial charge in [0, 0.05) is 6.20 Å². The molecule has 0 saturated heterocycles. The fraction of sp³-hybridized carbons (Fsp3) is 0.250. The maximum Gasteiger partial charge on any atom is 0.0827 e. The molecule has 0 amide bonds. The summed E-state index contributed by atoms with van der Waals surface area (Å²) in [7, 11) is 0. The number of hydrogen-bond acceptors (Lipinski definition) is 3. The van der Waals surface area contributed by atoms with E-state index in [9.17, 15) is 0 Å². The molecule has 102 valence electrons. The molecule has 0 fully saturated rings. The minimum Gasteiger partial charge on any atom is -0.330 e. The van der Waals surface area contributed by atoms with E-state index in [-0.39, 0.29) is 0 Å². The Kier molecular flexibility index (Phi) is 3.74. The first-order valence-electron chi connectivity index (χ1n) is 6.92. The minimum atomic E-state index is 0.692. The lowest BCUT2D eigenvalue weighted by Gasteiger charge is -2.03. The molecule has 4 heteroatoms. The Hall–Kier alpha value is -2.20. The van der Waals surface area contributed by atoms with Crippen LogP contribution in [0.3, 0.4) is 0 Å². The summed E-state index contributed by atoms with van der Waals surface area (Å²) < 4.78 is 1.88. The van der Waals surface area contributed by atoms with Crippen molar-refractivity contribution in [1.29, 1.82) is 0 Å². The second-order valence-electron chi connectivity index (χ2n) is 4.98. The predicted molar refractivity (Wildman–Crippen MR) is 80.4 cm³/mol. The zero-order chi connectivity index (χ0) is 13.8. The number of aryl methyl sites for hydroxylation is 1. The Morgan fingerprint density at radius 3 is 2.75 bits per heavy atom. The summed E-state index contributed by atoms with van der Waals surface area (Å²) in [5.41, 5.74) is 7.75. The maximum absolute atomic E-state index is 5.50. The second kappa shape index (κ2) is 5.84. The van der Waals surface area contributed by atoms with Crippen LogP contribution in [0.15, 0.2) is 48.7 Å². The number of benzene rings is 2. The van der Waals surface area contributed by atoms with Crippen LogP contribution >= 0.6 is 0 Å². The molecule has 0 unspecified atom stereocenters. The maximum atomic E-state index is 5.50. The fourth-order valence-electron chi connectivity index (χ4n) is 2.34. The third-order valence-electron chi connectivity index (χ3n) is 3.38. The van der Waals surface area contributed by atoms with E-state index in [0.29, 0.717) is 6.54 Å². The van der Waals surface area contributed by atoms with Crippen molar-refractivity contribution in [3.05, 3.63) is 59.9 Å². The number of hydrogen-bond donors (Lipinski definition) is 1. The zero-order valence-corrected chi connectivity index (χ0v) is 11.4. The number of aromatic nitrogens is 3. The van der Waals surface area contributed by atoms with Crippen LogP contribution in [0, 0.1) is 0 Å². The molecule has 1 aromatic heterocycles. The third-order valence-corrected chi connectivity index (χ3v) is 3.38. The van der Waals surface area contributed by atoms with Crippen molar-refractivity contribution in [2.75, 3.05) is 6.54 Å². The van der Waals surface area contributed by atoms with Gasteiger partial charge in [0.15, 0.2) is 0 Å². The molecule has 4 nitrogen and oxygen atoms in total. The Bertz CT molecular complexity index is 702. The monoisotopic (exact) mass is 266 g/mol. The first kappa shape index (κ1) is 12.8. The van der Waals surface area contributed by atoms with Crippen molar-refractivity contribution in [2.24, 2.45) is 5.73 Å². The van der Waals surface area contributed by atoms with Gasteiger partial charge in [-0.25, -0.2) is 4.68 Å². The van der Waals surface area contributed by atoms with Crippen LogP contribution in [-0.2, 0) is 13.0 Å². The average molecular weight is 266 g/mol. The van der Waals surface area contributed by atoms with Gasteiger partial charge >= 0.3 is 0 Å². The van der Waals surface area contributed by atoms with Crippen LogP contribution in [0.25, 0.3) is 10.8 Å². The first-order valence-corrected chi connectivity index (χ1v) is 6.92. The van der Waals surface area contributed by atoms with Crippen molar-refractivity contribution >= 4 is 10.8 Å². The lowest BCUT2D eigenvalue weighted by atomic mass is 10.1. The largest absolute Gasteiger partial charge is 0.330 e. The molecule has 3 aromatic rings. The molecule has 0 aliphatic rings. The molecule has 2 aromatic carbocycles. The quantitative estimate of drug-likeness (QED) is 0.771. The van der Waals surface area contributed by atoms with Gasteiger partial charge in [-0.2, -0.15) is 0 Å². The smallest absolute Gasteiger partial charge is 0.0827 e. The molecule has 0 saturated carbocycles. The van der Waals surface area contributed by atoms with E-state index in [1.54, 1.807) is 0 Å². The molecule has 0 aliphatic heterocycles. The highest BCUT2D eigenvalue weighted by molar-refractivity contribution is 5.82. The molecular formula is C16H18N4. The van der Waals surface area contributed by atoms with E-state index >= 15 is 0 Å². The molecule has 1 heterocycles. The molecule has 0 atom stereocenters. The van der Waals surface area contributed by atoms with Crippen molar-refractivity contribution in [3.63, 3.8) is 0 Å². The van der Waals surface area contributed by atoms with Gasteiger partial charge in [-0.05, 0) is 41.8 Å². The topological polar surface area (TPSA) is 56.7 Å². The molecule has 3 rings (SSSR count). The van der Waals surface area contributed by atoms with Crippen molar-refractivity contribution in [2.45, 2.75) is 19.4 Å². The van der Waals surface area contributed by atoms with Gasteiger partial charge in [0.05, 0.1) is 12.2 Å². The normalized spacial score (nSPS) is 11.1. The average Bonchev–Trinajstić information content (AvgIpc) is 2.92. The van der Waals surface area contributed by atoms with Crippen LogP contribution in [0.1, 0.15) is 17.7 Å². The highest BCUT2D eigenvalue weighted by Gasteiger charge is 2.02. The molecule has 0 aliphatic carbocycles. The summed E-state index contributed by atoms with van der Waals surface area (Å²) >= 11 is 0. The van der Waals surface area contributed by atoms with Crippen LogP contribution in [0.2, 0.25) is 0 Å². The SMILES string of the molecule is NCCCc1cn(Cc2ccc3ccccc3c2)nn1. The molecule has 20 heavy (non-hydrogen) atoms. The Labute approximate surface area is 118 Å². The fourth-order valence-corrected chi connectivity index (χ4v) is 2.34. The third kappa shape index (κ3) is 2.86. The standard InChI is InChI=1S/C16H18N4/c17-9-3-6-16-12-20(19-18-16)11-13-7-8-14-4-1-2-5-15(14)10-13/h1-2,4-5,7-8,10,12H,3,6,9,11,17H2. The van der Waals surface area contributed by atoms with Crippen LogP contribution in [0.5, 0.6) is 0 Å². The molecule has 0 bridgehead atoms. The molecule has 0 spiro atoms. The summed E-state index contributed by atoms with van der Waals surface area (Å²) in [6, 6.07) is 14.9. The minimum absolute atomic E-state index is 0.692. The van der Waals surface area contributed by atoms with Gasteiger partial charge in [0.1, 0.15) is 0 Å². The van der Waals surface area contributed by atoms with E-state index in [1.165, 1.54) is 16.3 Å². The van der Waals surface area contributed by atoms with Crippen LogP contribution < -0.4 is 5.73 Å². The Morgan fingerprint density at radius 2 is 1.90 bits per heavy atom. The van der Waals surface area contributed by atoms with E-state index in [1.807, 2.05) is 10.9 Å². The van der Waals surface area contributed by atoms with E-state index in [0.717, 1.165) is 25.1 Å². The molecular weight excluding hydrogens is 248 g/mol. The molecule has 2 N–H and O–H groups in total.